The van der Waals surface area contributed by atoms with Crippen LogP contribution < -0.4 is 4.74 Å². The number of fused-ring (bicyclic) bond motifs is 1. The highest BCUT2D eigenvalue weighted by molar-refractivity contribution is 5.94. The fourth-order valence-corrected chi connectivity index (χ4v) is 5.08. The van der Waals surface area contributed by atoms with E-state index in [-0.39, 0.29) is 5.91 Å². The summed E-state index contributed by atoms with van der Waals surface area (Å²) in [6, 6.07) is 18.1. The van der Waals surface area contributed by atoms with Crippen molar-refractivity contribution < 1.29 is 14.3 Å². The summed E-state index contributed by atoms with van der Waals surface area (Å²) in [6.07, 6.45) is 4.98. The Hall–Kier alpha value is -2.96. The van der Waals surface area contributed by atoms with Crippen molar-refractivity contribution in [2.24, 2.45) is 5.92 Å². The van der Waals surface area contributed by atoms with Crippen LogP contribution in [0.2, 0.25) is 0 Å². The molecule has 2 aliphatic heterocycles. The average Bonchev–Trinajstić information content (AvgIpc) is 2.89. The second-order valence-corrected chi connectivity index (χ2v) is 9.29. The van der Waals surface area contributed by atoms with Crippen molar-refractivity contribution in [3.05, 3.63) is 71.9 Å². The highest BCUT2D eigenvalue weighted by Gasteiger charge is 2.25. The summed E-state index contributed by atoms with van der Waals surface area (Å²) in [5.74, 6) is 1.30. The monoisotopic (exact) mass is 459 g/mol. The SMILES string of the molecule is O=C(c1cccc(OCCN2CCOCC2)c1)N1CCCC(Cc2cccc3cccnc23)C1. The first kappa shape index (κ1) is 22.8. The van der Waals surface area contributed by atoms with Crippen LogP contribution in [0.1, 0.15) is 28.8 Å². The molecule has 0 radical (unpaired) electrons. The number of amides is 1. The summed E-state index contributed by atoms with van der Waals surface area (Å²) in [6.45, 7) is 6.56. The molecular formula is C28H33N3O3. The third-order valence-corrected chi connectivity index (χ3v) is 6.89. The van der Waals surface area contributed by atoms with Crippen LogP contribution in [0.25, 0.3) is 10.9 Å². The maximum absolute atomic E-state index is 13.3. The highest BCUT2D eigenvalue weighted by Crippen LogP contribution is 2.26. The molecular weight excluding hydrogens is 426 g/mol. The maximum Gasteiger partial charge on any atom is 0.253 e. The Balaban J connectivity index is 1.19. The van der Waals surface area contributed by atoms with Crippen molar-refractivity contribution in [3.8, 4) is 5.75 Å². The molecule has 2 saturated heterocycles. The van der Waals surface area contributed by atoms with Gasteiger partial charge in [-0.05, 0) is 55.0 Å². The van der Waals surface area contributed by atoms with E-state index in [0.717, 1.165) is 76.5 Å². The van der Waals surface area contributed by atoms with Crippen LogP contribution in [0.15, 0.2) is 60.8 Å². The Bertz CT molecular complexity index is 1110. The lowest BCUT2D eigenvalue weighted by molar-refractivity contribution is 0.0322. The van der Waals surface area contributed by atoms with Gasteiger partial charge in [0.2, 0.25) is 0 Å². The lowest BCUT2D eigenvalue weighted by Gasteiger charge is -2.33. The number of carbonyl (C=O) groups is 1. The quantitative estimate of drug-likeness (QED) is 0.534. The lowest BCUT2D eigenvalue weighted by atomic mass is 9.90. The van der Waals surface area contributed by atoms with Crippen LogP contribution in [0.4, 0.5) is 0 Å². The molecule has 2 aromatic carbocycles. The van der Waals surface area contributed by atoms with Gasteiger partial charge in [-0.15, -0.1) is 0 Å². The van der Waals surface area contributed by atoms with Crippen LogP contribution >= 0.6 is 0 Å². The second kappa shape index (κ2) is 11.0. The Morgan fingerprint density at radius 1 is 1.06 bits per heavy atom. The number of piperidine rings is 1. The summed E-state index contributed by atoms with van der Waals surface area (Å²) in [7, 11) is 0. The number of rotatable bonds is 7. The average molecular weight is 460 g/mol. The van der Waals surface area contributed by atoms with Crippen molar-refractivity contribution in [3.63, 3.8) is 0 Å². The van der Waals surface area contributed by atoms with Crippen LogP contribution in [0, 0.1) is 5.92 Å². The van der Waals surface area contributed by atoms with Gasteiger partial charge in [0.1, 0.15) is 12.4 Å². The highest BCUT2D eigenvalue weighted by atomic mass is 16.5. The zero-order chi connectivity index (χ0) is 23.2. The molecule has 1 amide bonds. The minimum absolute atomic E-state index is 0.0966. The van der Waals surface area contributed by atoms with E-state index in [1.807, 2.05) is 41.4 Å². The largest absolute Gasteiger partial charge is 0.492 e. The predicted octanol–water partition coefficient (Wildman–Crippen LogP) is 4.04. The first-order chi connectivity index (χ1) is 16.8. The Morgan fingerprint density at radius 2 is 1.91 bits per heavy atom. The summed E-state index contributed by atoms with van der Waals surface area (Å²) < 4.78 is 11.4. The van der Waals surface area contributed by atoms with Crippen molar-refractivity contribution in [2.45, 2.75) is 19.3 Å². The number of benzene rings is 2. The molecule has 3 heterocycles. The Kier molecular flexibility index (Phi) is 7.37. The first-order valence-electron chi connectivity index (χ1n) is 12.4. The maximum atomic E-state index is 13.3. The Labute approximate surface area is 201 Å². The minimum Gasteiger partial charge on any atom is -0.492 e. The van der Waals surface area contributed by atoms with Gasteiger partial charge < -0.3 is 14.4 Å². The van der Waals surface area contributed by atoms with Gasteiger partial charge >= 0.3 is 0 Å². The molecule has 1 atom stereocenters. The van der Waals surface area contributed by atoms with Gasteiger partial charge in [-0.3, -0.25) is 14.7 Å². The van der Waals surface area contributed by atoms with Gasteiger partial charge in [-0.1, -0.05) is 30.3 Å². The molecule has 0 aliphatic carbocycles. The molecule has 0 bridgehead atoms. The van der Waals surface area contributed by atoms with E-state index in [1.165, 1.54) is 10.9 Å². The molecule has 0 spiro atoms. The first-order valence-corrected chi connectivity index (χ1v) is 12.4. The van der Waals surface area contributed by atoms with Crippen LogP contribution in [0.3, 0.4) is 0 Å². The van der Waals surface area contributed by atoms with Gasteiger partial charge in [-0.25, -0.2) is 0 Å². The van der Waals surface area contributed by atoms with Crippen molar-refractivity contribution in [2.75, 3.05) is 52.5 Å². The number of morpholine rings is 1. The molecule has 5 rings (SSSR count). The molecule has 178 valence electrons. The van der Waals surface area contributed by atoms with E-state index in [9.17, 15) is 4.79 Å². The predicted molar refractivity (Wildman–Crippen MR) is 133 cm³/mol. The number of aromatic nitrogens is 1. The molecule has 6 heteroatoms. The summed E-state index contributed by atoms with van der Waals surface area (Å²) in [5, 5.41) is 1.18. The summed E-state index contributed by atoms with van der Waals surface area (Å²) in [4.78, 5) is 22.3. The zero-order valence-corrected chi connectivity index (χ0v) is 19.7. The normalized spacial score (nSPS) is 19.3. The molecule has 2 aliphatic rings. The number of pyridine rings is 1. The molecule has 3 aromatic rings. The standard InChI is InChI=1S/C28H33N3O3/c32-28(25-8-2-10-26(20-25)34-18-15-30-13-16-33-17-14-30)31-12-4-5-22(21-31)19-24-7-1-6-23-9-3-11-29-27(23)24/h1-3,6-11,20,22H,4-5,12-19,21H2. The van der Waals surface area contributed by atoms with Gasteiger partial charge in [-0.2, -0.15) is 0 Å². The number of nitrogens with zero attached hydrogens (tertiary/aromatic N) is 3. The molecule has 1 unspecified atom stereocenters. The van der Waals surface area contributed by atoms with Gasteiger partial charge in [0.05, 0.1) is 18.7 Å². The minimum atomic E-state index is 0.0966. The third-order valence-electron chi connectivity index (χ3n) is 6.89. The summed E-state index contributed by atoms with van der Waals surface area (Å²) >= 11 is 0. The van der Waals surface area contributed by atoms with E-state index >= 15 is 0 Å². The molecule has 2 fully saturated rings. The molecule has 0 N–H and O–H groups in total. The van der Waals surface area contributed by atoms with E-state index in [1.54, 1.807) is 0 Å². The molecule has 0 saturated carbocycles. The second-order valence-electron chi connectivity index (χ2n) is 9.29. The third kappa shape index (κ3) is 5.57. The number of likely N-dealkylation sites (tertiary alicyclic amines) is 1. The number of carbonyl (C=O) groups excluding carboxylic acids is 1. The number of ether oxygens (including phenoxy) is 2. The fraction of sp³-hybridized carbons (Fsp3) is 0.429. The lowest BCUT2D eigenvalue weighted by Crippen LogP contribution is -2.40. The van der Waals surface area contributed by atoms with E-state index in [4.69, 9.17) is 9.47 Å². The van der Waals surface area contributed by atoms with Crippen molar-refractivity contribution >= 4 is 16.8 Å². The van der Waals surface area contributed by atoms with Gasteiger partial charge in [0.25, 0.3) is 5.91 Å². The van der Waals surface area contributed by atoms with Crippen molar-refractivity contribution in [1.82, 2.24) is 14.8 Å². The molecule has 6 nitrogen and oxygen atoms in total. The topological polar surface area (TPSA) is 54.9 Å². The summed E-state index contributed by atoms with van der Waals surface area (Å²) in [5.41, 5.74) is 3.06. The number of hydrogen-bond acceptors (Lipinski definition) is 5. The molecule has 1 aromatic heterocycles. The van der Waals surface area contributed by atoms with Crippen LogP contribution in [-0.4, -0.2) is 73.2 Å². The zero-order valence-electron chi connectivity index (χ0n) is 19.7. The van der Waals surface area contributed by atoms with Crippen molar-refractivity contribution in [1.29, 1.82) is 0 Å². The molecule has 34 heavy (non-hydrogen) atoms. The van der Waals surface area contributed by atoms with E-state index in [2.05, 4.69) is 34.1 Å². The van der Waals surface area contributed by atoms with E-state index < -0.39 is 0 Å². The smallest absolute Gasteiger partial charge is 0.253 e. The number of para-hydroxylation sites is 1. The number of hydrogen-bond donors (Lipinski definition) is 0. The van der Waals surface area contributed by atoms with Crippen LogP contribution in [0.5, 0.6) is 5.75 Å². The van der Waals surface area contributed by atoms with Gasteiger partial charge in [0.15, 0.2) is 0 Å². The van der Waals surface area contributed by atoms with Gasteiger partial charge in [0, 0.05) is 49.9 Å². The fourth-order valence-electron chi connectivity index (χ4n) is 5.08. The van der Waals surface area contributed by atoms with Crippen LogP contribution in [-0.2, 0) is 11.2 Å². The van der Waals surface area contributed by atoms with E-state index in [0.29, 0.717) is 18.1 Å². The Morgan fingerprint density at radius 3 is 2.82 bits per heavy atom.